The van der Waals surface area contributed by atoms with Crippen molar-refractivity contribution < 1.29 is 17.6 Å². The van der Waals surface area contributed by atoms with Crippen LogP contribution in [0.3, 0.4) is 0 Å². The predicted octanol–water partition coefficient (Wildman–Crippen LogP) is 4.30. The van der Waals surface area contributed by atoms with Gasteiger partial charge in [0.1, 0.15) is 17.3 Å². The zero-order valence-electron chi connectivity index (χ0n) is 10.7. The van der Waals surface area contributed by atoms with E-state index in [9.17, 15) is 17.6 Å². The molecule has 2 aromatic heterocycles. The maximum Gasteiger partial charge on any atom is 0.278 e. The van der Waals surface area contributed by atoms with Gasteiger partial charge in [0.05, 0.1) is 12.2 Å². The third-order valence-corrected chi connectivity index (χ3v) is 3.29. The van der Waals surface area contributed by atoms with Crippen LogP contribution in [0.2, 0.25) is 0 Å². The Morgan fingerprint density at radius 3 is 2.43 bits per heavy atom. The molecule has 0 saturated heterocycles. The molecule has 0 aliphatic rings. The lowest BCUT2D eigenvalue weighted by molar-refractivity contribution is 0.142. The molecule has 0 bridgehead atoms. The van der Waals surface area contributed by atoms with Crippen molar-refractivity contribution in [2.24, 2.45) is 0 Å². The van der Waals surface area contributed by atoms with Gasteiger partial charge in [-0.25, -0.2) is 22.5 Å². The summed E-state index contributed by atoms with van der Waals surface area (Å²) in [6.45, 7) is -0.335. The molecule has 6 heteroatoms. The Balaban J connectivity index is 2.17. The third kappa shape index (κ3) is 2.37. The van der Waals surface area contributed by atoms with E-state index in [1.165, 1.54) is 18.3 Å². The Kier molecular flexibility index (Phi) is 3.37. The Morgan fingerprint density at radius 2 is 1.76 bits per heavy atom. The van der Waals surface area contributed by atoms with Crippen molar-refractivity contribution in [3.05, 3.63) is 65.5 Å². The molecule has 0 radical (unpaired) electrons. The van der Waals surface area contributed by atoms with Crippen LogP contribution >= 0.6 is 0 Å². The van der Waals surface area contributed by atoms with E-state index in [4.69, 9.17) is 0 Å². The van der Waals surface area contributed by atoms with Crippen LogP contribution in [0.1, 0.15) is 17.7 Å². The summed E-state index contributed by atoms with van der Waals surface area (Å²) < 4.78 is 54.8. The van der Waals surface area contributed by atoms with E-state index in [2.05, 4.69) is 4.98 Å². The first kappa shape index (κ1) is 13.6. The summed E-state index contributed by atoms with van der Waals surface area (Å²) >= 11 is 0. The highest BCUT2D eigenvalue weighted by atomic mass is 19.3. The fraction of sp³-hybridized carbons (Fsp3) is 0.133. The van der Waals surface area contributed by atoms with Crippen molar-refractivity contribution in [2.75, 3.05) is 0 Å². The topological polar surface area (TPSA) is 17.8 Å². The van der Waals surface area contributed by atoms with Crippen LogP contribution in [-0.4, -0.2) is 9.55 Å². The summed E-state index contributed by atoms with van der Waals surface area (Å²) in [6.07, 6.45) is -1.31. The smallest absolute Gasteiger partial charge is 0.278 e. The number of rotatable bonds is 3. The highest BCUT2D eigenvalue weighted by Crippen LogP contribution is 2.28. The second-order valence-electron chi connectivity index (χ2n) is 4.57. The fourth-order valence-corrected chi connectivity index (χ4v) is 2.30. The van der Waals surface area contributed by atoms with Gasteiger partial charge in [0.25, 0.3) is 6.43 Å². The van der Waals surface area contributed by atoms with Crippen LogP contribution in [0.25, 0.3) is 11.0 Å². The van der Waals surface area contributed by atoms with Crippen LogP contribution in [0.4, 0.5) is 17.6 Å². The van der Waals surface area contributed by atoms with E-state index >= 15 is 0 Å². The molecule has 3 rings (SSSR count). The van der Waals surface area contributed by atoms with Gasteiger partial charge in [0.15, 0.2) is 0 Å². The number of hydrogen-bond acceptors (Lipinski definition) is 1. The fourth-order valence-electron chi connectivity index (χ4n) is 2.30. The van der Waals surface area contributed by atoms with E-state index in [1.54, 1.807) is 12.1 Å². The van der Waals surface area contributed by atoms with Crippen LogP contribution in [0.15, 0.2) is 42.6 Å². The molecule has 3 aromatic rings. The molecule has 0 fully saturated rings. The van der Waals surface area contributed by atoms with E-state index in [0.717, 1.165) is 16.7 Å². The predicted molar refractivity (Wildman–Crippen MR) is 70.2 cm³/mol. The van der Waals surface area contributed by atoms with Gasteiger partial charge >= 0.3 is 0 Å². The molecule has 0 N–H and O–H groups in total. The summed E-state index contributed by atoms with van der Waals surface area (Å²) in [6, 6.07) is 7.95. The normalized spacial score (nSPS) is 11.5. The zero-order valence-corrected chi connectivity index (χ0v) is 10.7. The summed E-state index contributed by atoms with van der Waals surface area (Å²) in [5.74, 6) is -1.54. The second-order valence-corrected chi connectivity index (χ2v) is 4.57. The van der Waals surface area contributed by atoms with Crippen molar-refractivity contribution in [3.8, 4) is 0 Å². The van der Waals surface area contributed by atoms with Gasteiger partial charge in [0, 0.05) is 17.1 Å². The SMILES string of the molecule is Fc1cccc(F)c1Cn1c(C(F)F)cc2cccnc21. The van der Waals surface area contributed by atoms with Gasteiger partial charge < -0.3 is 4.57 Å². The van der Waals surface area contributed by atoms with Crippen molar-refractivity contribution in [3.63, 3.8) is 0 Å². The van der Waals surface area contributed by atoms with Gasteiger partial charge in [-0.05, 0) is 30.3 Å². The van der Waals surface area contributed by atoms with E-state index in [-0.39, 0.29) is 23.4 Å². The first-order valence-electron chi connectivity index (χ1n) is 6.23. The van der Waals surface area contributed by atoms with Crippen molar-refractivity contribution in [1.82, 2.24) is 9.55 Å². The number of hydrogen-bond donors (Lipinski definition) is 0. The molecular formula is C15H10F4N2. The standard InChI is InChI=1S/C15H10F4N2/c16-11-4-1-5-12(17)10(11)8-21-13(14(18)19)7-9-3-2-6-20-15(9)21/h1-7,14H,8H2. The number of benzene rings is 1. The molecule has 0 unspecified atom stereocenters. The number of alkyl halides is 2. The maximum absolute atomic E-state index is 13.7. The van der Waals surface area contributed by atoms with Crippen LogP contribution in [-0.2, 0) is 6.54 Å². The minimum absolute atomic E-state index is 0.262. The molecule has 108 valence electrons. The van der Waals surface area contributed by atoms with Gasteiger partial charge in [-0.2, -0.15) is 0 Å². The lowest BCUT2D eigenvalue weighted by atomic mass is 10.2. The largest absolute Gasteiger partial charge is 0.320 e. The summed E-state index contributed by atoms with van der Waals surface area (Å²) in [5, 5.41) is 0.504. The zero-order chi connectivity index (χ0) is 15.0. The first-order valence-corrected chi connectivity index (χ1v) is 6.23. The third-order valence-electron chi connectivity index (χ3n) is 3.29. The second kappa shape index (κ2) is 5.20. The number of pyridine rings is 1. The molecular weight excluding hydrogens is 284 g/mol. The molecule has 1 aromatic carbocycles. The highest BCUT2D eigenvalue weighted by molar-refractivity contribution is 5.77. The molecule has 0 aliphatic heterocycles. The molecule has 0 amide bonds. The monoisotopic (exact) mass is 294 g/mol. The minimum atomic E-state index is -2.76. The molecule has 0 saturated carbocycles. The van der Waals surface area contributed by atoms with Crippen LogP contribution in [0.5, 0.6) is 0 Å². The number of halogens is 4. The molecule has 2 heterocycles. The minimum Gasteiger partial charge on any atom is -0.320 e. The van der Waals surface area contributed by atoms with Gasteiger partial charge in [-0.1, -0.05) is 6.07 Å². The van der Waals surface area contributed by atoms with Crippen molar-refractivity contribution >= 4 is 11.0 Å². The highest BCUT2D eigenvalue weighted by Gasteiger charge is 2.19. The number of nitrogens with zero attached hydrogens (tertiary/aromatic N) is 2. The summed E-state index contributed by atoms with van der Waals surface area (Å²) in [5.41, 5.74) is -0.302. The summed E-state index contributed by atoms with van der Waals surface area (Å²) in [4.78, 5) is 4.02. The molecule has 2 nitrogen and oxygen atoms in total. The average Bonchev–Trinajstić information content (AvgIpc) is 2.82. The molecule has 0 aliphatic carbocycles. The first-order chi connectivity index (χ1) is 10.1. The van der Waals surface area contributed by atoms with Crippen molar-refractivity contribution in [1.29, 1.82) is 0 Å². The van der Waals surface area contributed by atoms with Crippen LogP contribution in [0, 0.1) is 11.6 Å². The Bertz CT molecular complexity index is 775. The van der Waals surface area contributed by atoms with E-state index in [1.807, 2.05) is 0 Å². The van der Waals surface area contributed by atoms with Gasteiger partial charge in [-0.3, -0.25) is 0 Å². The molecule has 0 atom stereocenters. The lowest BCUT2D eigenvalue weighted by Crippen LogP contribution is -2.08. The number of aromatic nitrogens is 2. The number of fused-ring (bicyclic) bond motifs is 1. The Hall–Kier alpha value is -2.37. The molecule has 21 heavy (non-hydrogen) atoms. The Morgan fingerprint density at radius 1 is 1.05 bits per heavy atom. The molecule has 0 spiro atoms. The summed E-state index contributed by atoms with van der Waals surface area (Å²) in [7, 11) is 0. The Labute approximate surface area is 117 Å². The quantitative estimate of drug-likeness (QED) is 0.658. The van der Waals surface area contributed by atoms with Crippen LogP contribution < -0.4 is 0 Å². The van der Waals surface area contributed by atoms with Crippen molar-refractivity contribution in [2.45, 2.75) is 13.0 Å². The van der Waals surface area contributed by atoms with Gasteiger partial charge in [-0.15, -0.1) is 0 Å². The lowest BCUT2D eigenvalue weighted by Gasteiger charge is -2.11. The van der Waals surface area contributed by atoms with E-state index in [0.29, 0.717) is 5.39 Å². The van der Waals surface area contributed by atoms with Gasteiger partial charge in [0.2, 0.25) is 0 Å². The van der Waals surface area contributed by atoms with E-state index < -0.39 is 18.1 Å². The average molecular weight is 294 g/mol. The maximum atomic E-state index is 13.7.